The van der Waals surface area contributed by atoms with Crippen molar-refractivity contribution in [3.63, 3.8) is 0 Å². The number of rotatable bonds is 8. The van der Waals surface area contributed by atoms with Crippen molar-refractivity contribution >= 4 is 9.84 Å². The summed E-state index contributed by atoms with van der Waals surface area (Å²) in [5.41, 5.74) is 0.219. The van der Waals surface area contributed by atoms with Gasteiger partial charge in [0, 0.05) is 19.1 Å². The molecule has 0 aliphatic carbocycles. The highest BCUT2D eigenvalue weighted by Gasteiger charge is 2.33. The van der Waals surface area contributed by atoms with Crippen LogP contribution in [0.25, 0.3) is 0 Å². The van der Waals surface area contributed by atoms with E-state index in [-0.39, 0.29) is 11.5 Å². The van der Waals surface area contributed by atoms with E-state index < -0.39 is 9.84 Å². The van der Waals surface area contributed by atoms with Gasteiger partial charge in [0.2, 0.25) is 0 Å². The highest BCUT2D eigenvalue weighted by molar-refractivity contribution is 7.91. The SMILES string of the molecule is CCCNCC(C)(CC)CN(C)C1CCS(=O)(=O)C1. The number of nitrogens with zero attached hydrogens (tertiary/aromatic N) is 1. The molecule has 1 rings (SSSR count). The van der Waals surface area contributed by atoms with Crippen LogP contribution >= 0.6 is 0 Å². The number of sulfone groups is 1. The van der Waals surface area contributed by atoms with Crippen LogP contribution in [-0.4, -0.2) is 57.5 Å². The molecular weight excluding hydrogens is 260 g/mol. The Morgan fingerprint density at radius 3 is 2.53 bits per heavy atom. The van der Waals surface area contributed by atoms with Gasteiger partial charge >= 0.3 is 0 Å². The first-order valence-corrected chi connectivity index (χ1v) is 9.25. The van der Waals surface area contributed by atoms with Crippen molar-refractivity contribution in [1.29, 1.82) is 0 Å². The Balaban J connectivity index is 2.50. The quantitative estimate of drug-likeness (QED) is 0.689. The van der Waals surface area contributed by atoms with Gasteiger partial charge in [-0.25, -0.2) is 8.42 Å². The van der Waals surface area contributed by atoms with E-state index in [0.29, 0.717) is 11.5 Å². The van der Waals surface area contributed by atoms with Crippen LogP contribution in [0.4, 0.5) is 0 Å². The van der Waals surface area contributed by atoms with Gasteiger partial charge in [-0.15, -0.1) is 0 Å². The largest absolute Gasteiger partial charge is 0.316 e. The summed E-state index contributed by atoms with van der Waals surface area (Å²) in [7, 11) is -0.712. The lowest BCUT2D eigenvalue weighted by atomic mass is 9.86. The Kier molecular flexibility index (Phi) is 6.27. The lowest BCUT2D eigenvalue weighted by Gasteiger charge is -2.35. The molecule has 5 heteroatoms. The molecule has 1 N–H and O–H groups in total. The average Bonchev–Trinajstić information content (AvgIpc) is 2.70. The van der Waals surface area contributed by atoms with Crippen LogP contribution in [0.3, 0.4) is 0 Å². The normalized spacial score (nSPS) is 25.6. The lowest BCUT2D eigenvalue weighted by molar-refractivity contribution is 0.149. The van der Waals surface area contributed by atoms with Crippen molar-refractivity contribution in [2.24, 2.45) is 5.41 Å². The molecule has 0 amide bonds. The van der Waals surface area contributed by atoms with Crippen LogP contribution in [0.15, 0.2) is 0 Å². The summed E-state index contributed by atoms with van der Waals surface area (Å²) in [6.07, 6.45) is 3.05. The molecule has 114 valence electrons. The van der Waals surface area contributed by atoms with E-state index in [0.717, 1.165) is 38.9 Å². The topological polar surface area (TPSA) is 49.4 Å². The van der Waals surface area contributed by atoms with E-state index in [4.69, 9.17) is 0 Å². The Morgan fingerprint density at radius 2 is 2.05 bits per heavy atom. The van der Waals surface area contributed by atoms with Gasteiger partial charge < -0.3 is 10.2 Å². The van der Waals surface area contributed by atoms with Crippen LogP contribution < -0.4 is 5.32 Å². The summed E-state index contributed by atoms with van der Waals surface area (Å²) in [4.78, 5) is 2.25. The van der Waals surface area contributed by atoms with E-state index in [1.807, 2.05) is 0 Å². The summed E-state index contributed by atoms with van der Waals surface area (Å²) in [6, 6.07) is 0.210. The second kappa shape index (κ2) is 7.04. The minimum atomic E-state index is -2.78. The second-order valence-electron chi connectivity index (χ2n) is 6.31. The molecule has 0 aromatic carbocycles. The highest BCUT2D eigenvalue weighted by Crippen LogP contribution is 2.25. The van der Waals surface area contributed by atoms with Crippen LogP contribution in [0.2, 0.25) is 0 Å². The van der Waals surface area contributed by atoms with E-state index in [2.05, 4.69) is 38.0 Å². The Morgan fingerprint density at radius 1 is 1.37 bits per heavy atom. The van der Waals surface area contributed by atoms with Crippen molar-refractivity contribution in [3.8, 4) is 0 Å². The predicted molar refractivity (Wildman–Crippen MR) is 81.2 cm³/mol. The molecule has 0 radical (unpaired) electrons. The number of hydrogen-bond donors (Lipinski definition) is 1. The zero-order valence-corrected chi connectivity index (χ0v) is 13.7. The third kappa shape index (κ3) is 5.40. The Labute approximate surface area is 118 Å². The minimum absolute atomic E-state index is 0.210. The van der Waals surface area contributed by atoms with Crippen LogP contribution in [-0.2, 0) is 9.84 Å². The third-order valence-corrected chi connectivity index (χ3v) is 6.05. The Hall–Kier alpha value is -0.130. The molecule has 1 heterocycles. The van der Waals surface area contributed by atoms with E-state index in [9.17, 15) is 8.42 Å². The second-order valence-corrected chi connectivity index (χ2v) is 8.54. The molecule has 0 spiro atoms. The third-order valence-electron chi connectivity index (χ3n) is 4.29. The predicted octanol–water partition coefficient (Wildman–Crippen LogP) is 1.52. The first-order chi connectivity index (χ1) is 8.82. The van der Waals surface area contributed by atoms with Crippen molar-refractivity contribution in [3.05, 3.63) is 0 Å². The maximum Gasteiger partial charge on any atom is 0.151 e. The van der Waals surface area contributed by atoms with Crippen molar-refractivity contribution < 1.29 is 8.42 Å². The minimum Gasteiger partial charge on any atom is -0.316 e. The maximum atomic E-state index is 11.6. The van der Waals surface area contributed by atoms with Crippen LogP contribution in [0.1, 0.15) is 40.0 Å². The molecule has 2 atom stereocenters. The average molecular weight is 290 g/mol. The summed E-state index contributed by atoms with van der Waals surface area (Å²) < 4.78 is 23.1. The smallest absolute Gasteiger partial charge is 0.151 e. The van der Waals surface area contributed by atoms with Crippen LogP contribution in [0, 0.1) is 5.41 Å². The molecule has 0 aromatic heterocycles. The molecule has 0 aromatic rings. The lowest BCUT2D eigenvalue weighted by Crippen LogP contribution is -2.44. The van der Waals surface area contributed by atoms with E-state index >= 15 is 0 Å². The van der Waals surface area contributed by atoms with Gasteiger partial charge in [-0.3, -0.25) is 0 Å². The molecule has 2 unspecified atom stereocenters. The van der Waals surface area contributed by atoms with Gasteiger partial charge in [-0.1, -0.05) is 20.8 Å². The molecule has 1 aliphatic heterocycles. The molecule has 0 bridgehead atoms. The van der Waals surface area contributed by atoms with Gasteiger partial charge in [-0.2, -0.15) is 0 Å². The molecule has 1 fully saturated rings. The van der Waals surface area contributed by atoms with Gasteiger partial charge in [0.1, 0.15) is 0 Å². The van der Waals surface area contributed by atoms with Crippen molar-refractivity contribution in [1.82, 2.24) is 10.2 Å². The van der Waals surface area contributed by atoms with Gasteiger partial charge in [-0.05, 0) is 38.3 Å². The maximum absolute atomic E-state index is 11.6. The molecule has 1 aliphatic rings. The molecule has 19 heavy (non-hydrogen) atoms. The van der Waals surface area contributed by atoms with Gasteiger partial charge in [0.25, 0.3) is 0 Å². The summed E-state index contributed by atoms with van der Waals surface area (Å²) in [6.45, 7) is 9.69. The summed E-state index contributed by atoms with van der Waals surface area (Å²) >= 11 is 0. The van der Waals surface area contributed by atoms with Gasteiger partial charge in [0.15, 0.2) is 9.84 Å². The zero-order chi connectivity index (χ0) is 14.5. The number of nitrogens with one attached hydrogen (secondary N) is 1. The molecule has 1 saturated heterocycles. The molecule has 4 nitrogen and oxygen atoms in total. The molecular formula is C14H30N2O2S. The van der Waals surface area contributed by atoms with Crippen molar-refractivity contribution in [2.45, 2.75) is 46.1 Å². The highest BCUT2D eigenvalue weighted by atomic mass is 32.2. The van der Waals surface area contributed by atoms with E-state index in [1.54, 1.807) is 0 Å². The fourth-order valence-electron chi connectivity index (χ4n) is 2.71. The Bertz CT molecular complexity index is 370. The summed E-state index contributed by atoms with van der Waals surface area (Å²) in [5.74, 6) is 0.699. The summed E-state index contributed by atoms with van der Waals surface area (Å²) in [5, 5.41) is 3.49. The zero-order valence-electron chi connectivity index (χ0n) is 12.9. The standard InChI is InChI=1S/C14H30N2O2S/c1-5-8-15-11-14(3,6-2)12-16(4)13-7-9-19(17,18)10-13/h13,15H,5-12H2,1-4H3. The fourth-order valence-corrected chi connectivity index (χ4v) is 4.52. The van der Waals surface area contributed by atoms with Gasteiger partial charge in [0.05, 0.1) is 11.5 Å². The first kappa shape index (κ1) is 16.9. The van der Waals surface area contributed by atoms with E-state index in [1.165, 1.54) is 0 Å². The monoisotopic (exact) mass is 290 g/mol. The van der Waals surface area contributed by atoms with Crippen molar-refractivity contribution in [2.75, 3.05) is 38.2 Å². The first-order valence-electron chi connectivity index (χ1n) is 7.43. The van der Waals surface area contributed by atoms with Crippen LogP contribution in [0.5, 0.6) is 0 Å². The molecule has 0 saturated carbocycles. The fraction of sp³-hybridized carbons (Fsp3) is 1.00. The number of hydrogen-bond acceptors (Lipinski definition) is 4.